The van der Waals surface area contributed by atoms with Crippen LogP contribution in [0.1, 0.15) is 5.56 Å². The minimum absolute atomic E-state index is 0.189. The van der Waals surface area contributed by atoms with Crippen LogP contribution in [0.2, 0.25) is 0 Å². The molecule has 140 valence electrons. The minimum atomic E-state index is 0.189. The normalized spacial score (nSPS) is 13.2. The van der Waals surface area contributed by atoms with E-state index in [9.17, 15) is 0 Å². The number of ether oxygens (including phenoxy) is 3. The standard InChI is InChI=1S/C21H18N4O3/c1-26-15-7-8-16-17-10-22-24-20(17)21(23-18(16)9-15)25(19-12-27-13-28-19)11-14-5-3-2-4-6-14/h2-10,12H,11,13H2,1H3,(H,22,24). The van der Waals surface area contributed by atoms with Crippen molar-refractivity contribution in [1.29, 1.82) is 0 Å². The Morgan fingerprint density at radius 3 is 2.82 bits per heavy atom. The number of methoxy groups -OCH3 is 1. The van der Waals surface area contributed by atoms with E-state index in [1.807, 2.05) is 47.5 Å². The van der Waals surface area contributed by atoms with Crippen LogP contribution in [0, 0.1) is 0 Å². The molecule has 0 radical (unpaired) electrons. The molecule has 28 heavy (non-hydrogen) atoms. The zero-order chi connectivity index (χ0) is 18.9. The number of nitrogens with zero attached hydrogens (tertiary/aromatic N) is 3. The third-order valence-corrected chi connectivity index (χ3v) is 4.75. The van der Waals surface area contributed by atoms with Crippen molar-refractivity contribution in [2.75, 3.05) is 18.8 Å². The maximum absolute atomic E-state index is 5.69. The Labute approximate surface area is 161 Å². The van der Waals surface area contributed by atoms with Crippen LogP contribution < -0.4 is 9.64 Å². The van der Waals surface area contributed by atoms with Gasteiger partial charge in [0, 0.05) is 16.8 Å². The molecular formula is C21H18N4O3. The maximum Gasteiger partial charge on any atom is 0.234 e. The van der Waals surface area contributed by atoms with Gasteiger partial charge in [0.2, 0.25) is 12.7 Å². The highest BCUT2D eigenvalue weighted by atomic mass is 16.7. The van der Waals surface area contributed by atoms with Crippen molar-refractivity contribution in [2.45, 2.75) is 6.54 Å². The van der Waals surface area contributed by atoms with Gasteiger partial charge in [-0.1, -0.05) is 30.3 Å². The number of aromatic amines is 1. The molecular weight excluding hydrogens is 356 g/mol. The average molecular weight is 374 g/mol. The highest BCUT2D eigenvalue weighted by molar-refractivity contribution is 6.08. The van der Waals surface area contributed by atoms with Gasteiger partial charge >= 0.3 is 0 Å². The molecule has 3 heterocycles. The van der Waals surface area contributed by atoms with Crippen LogP contribution in [0.3, 0.4) is 0 Å². The third-order valence-electron chi connectivity index (χ3n) is 4.75. The smallest absolute Gasteiger partial charge is 0.234 e. The lowest BCUT2D eigenvalue weighted by molar-refractivity contribution is 0.0782. The summed E-state index contributed by atoms with van der Waals surface area (Å²) in [5.41, 5.74) is 2.78. The number of rotatable bonds is 5. The SMILES string of the molecule is COc1ccc2c(c1)nc(N(Cc1ccccc1)C1=COCO1)c1[nH]ncc12. The summed E-state index contributed by atoms with van der Waals surface area (Å²) in [6.07, 6.45) is 3.43. The summed E-state index contributed by atoms with van der Waals surface area (Å²) in [4.78, 5) is 6.91. The van der Waals surface area contributed by atoms with Gasteiger partial charge < -0.3 is 14.2 Å². The van der Waals surface area contributed by atoms with Crippen molar-refractivity contribution < 1.29 is 14.2 Å². The van der Waals surface area contributed by atoms with E-state index >= 15 is 0 Å². The molecule has 7 nitrogen and oxygen atoms in total. The number of fused-ring (bicyclic) bond motifs is 3. The molecule has 0 bridgehead atoms. The number of pyridine rings is 1. The molecule has 1 aliphatic rings. The van der Waals surface area contributed by atoms with Crippen LogP contribution in [0.5, 0.6) is 5.75 Å². The van der Waals surface area contributed by atoms with Crippen molar-refractivity contribution in [3.8, 4) is 5.75 Å². The van der Waals surface area contributed by atoms with Gasteiger partial charge in [-0.2, -0.15) is 5.10 Å². The van der Waals surface area contributed by atoms with E-state index in [1.54, 1.807) is 13.4 Å². The van der Waals surface area contributed by atoms with E-state index < -0.39 is 0 Å². The number of H-pyrrole nitrogens is 1. The Kier molecular flexibility index (Phi) is 3.97. The van der Waals surface area contributed by atoms with Crippen LogP contribution in [0.4, 0.5) is 5.82 Å². The van der Waals surface area contributed by atoms with Gasteiger partial charge in [-0.25, -0.2) is 4.98 Å². The zero-order valence-corrected chi connectivity index (χ0v) is 15.3. The minimum Gasteiger partial charge on any atom is -0.497 e. The lowest BCUT2D eigenvalue weighted by Crippen LogP contribution is -2.23. The molecule has 2 aromatic carbocycles. The fourth-order valence-electron chi connectivity index (χ4n) is 3.38. The number of nitrogens with one attached hydrogen (secondary N) is 1. The van der Waals surface area contributed by atoms with Crippen molar-refractivity contribution in [1.82, 2.24) is 15.2 Å². The first-order chi connectivity index (χ1) is 13.8. The molecule has 0 saturated heterocycles. The molecule has 2 aromatic heterocycles. The van der Waals surface area contributed by atoms with Gasteiger partial charge in [-0.15, -0.1) is 0 Å². The topological polar surface area (TPSA) is 72.5 Å². The molecule has 7 heteroatoms. The molecule has 0 atom stereocenters. The van der Waals surface area contributed by atoms with Crippen LogP contribution in [0.25, 0.3) is 21.8 Å². The number of benzene rings is 2. The first kappa shape index (κ1) is 16.4. The number of hydrogen-bond donors (Lipinski definition) is 1. The molecule has 0 spiro atoms. The second-order valence-corrected chi connectivity index (χ2v) is 6.43. The Bertz CT molecular complexity index is 1170. The summed E-state index contributed by atoms with van der Waals surface area (Å²) >= 11 is 0. The van der Waals surface area contributed by atoms with E-state index in [0.29, 0.717) is 18.2 Å². The molecule has 0 aliphatic carbocycles. The monoisotopic (exact) mass is 374 g/mol. The van der Waals surface area contributed by atoms with Crippen LogP contribution >= 0.6 is 0 Å². The lowest BCUT2D eigenvalue weighted by Gasteiger charge is -2.24. The lowest BCUT2D eigenvalue weighted by atomic mass is 10.1. The highest BCUT2D eigenvalue weighted by Gasteiger charge is 2.23. The van der Waals surface area contributed by atoms with Crippen molar-refractivity contribution in [3.05, 3.63) is 72.4 Å². The predicted molar refractivity (Wildman–Crippen MR) is 106 cm³/mol. The first-order valence-corrected chi connectivity index (χ1v) is 8.90. The van der Waals surface area contributed by atoms with E-state index in [0.717, 1.165) is 33.1 Å². The van der Waals surface area contributed by atoms with Crippen molar-refractivity contribution >= 4 is 27.6 Å². The van der Waals surface area contributed by atoms with E-state index in [1.165, 1.54) is 0 Å². The second kappa shape index (κ2) is 6.77. The molecule has 0 saturated carbocycles. The van der Waals surface area contributed by atoms with Crippen LogP contribution in [-0.2, 0) is 16.0 Å². The summed E-state index contributed by atoms with van der Waals surface area (Å²) in [5.74, 6) is 2.08. The fraction of sp³-hybridized carbons (Fsp3) is 0.143. The number of anilines is 1. The largest absolute Gasteiger partial charge is 0.497 e. The van der Waals surface area contributed by atoms with Gasteiger partial charge in [-0.3, -0.25) is 10.00 Å². The molecule has 1 aliphatic heterocycles. The van der Waals surface area contributed by atoms with Crippen molar-refractivity contribution in [3.63, 3.8) is 0 Å². The molecule has 0 fully saturated rings. The highest BCUT2D eigenvalue weighted by Crippen LogP contribution is 2.34. The van der Waals surface area contributed by atoms with Gasteiger partial charge in [0.05, 0.1) is 25.4 Å². The molecule has 1 N–H and O–H groups in total. The summed E-state index contributed by atoms with van der Waals surface area (Å²) in [7, 11) is 1.65. The van der Waals surface area contributed by atoms with Gasteiger partial charge in [0.25, 0.3) is 0 Å². The summed E-state index contributed by atoms with van der Waals surface area (Å²) < 4.78 is 16.4. The quantitative estimate of drug-likeness (QED) is 0.571. The second-order valence-electron chi connectivity index (χ2n) is 6.43. The van der Waals surface area contributed by atoms with Crippen molar-refractivity contribution in [2.24, 2.45) is 0 Å². The van der Waals surface area contributed by atoms with E-state index in [-0.39, 0.29) is 6.79 Å². The van der Waals surface area contributed by atoms with E-state index in [4.69, 9.17) is 19.2 Å². The van der Waals surface area contributed by atoms with Crippen LogP contribution in [-0.4, -0.2) is 29.1 Å². The Morgan fingerprint density at radius 1 is 1.14 bits per heavy atom. The predicted octanol–water partition coefficient (Wildman–Crippen LogP) is 3.93. The fourth-order valence-corrected chi connectivity index (χ4v) is 3.38. The summed E-state index contributed by atoms with van der Waals surface area (Å²) in [6.45, 7) is 0.765. The summed E-state index contributed by atoms with van der Waals surface area (Å²) in [5, 5.41) is 9.34. The third kappa shape index (κ3) is 2.77. The molecule has 4 aromatic rings. The van der Waals surface area contributed by atoms with Gasteiger partial charge in [0.1, 0.15) is 17.5 Å². The molecule has 0 amide bonds. The number of hydrogen-bond acceptors (Lipinski definition) is 6. The Balaban J connectivity index is 1.71. The maximum atomic E-state index is 5.69. The van der Waals surface area contributed by atoms with E-state index in [2.05, 4.69) is 22.3 Å². The molecule has 0 unspecified atom stereocenters. The summed E-state index contributed by atoms with van der Waals surface area (Å²) in [6, 6.07) is 16.0. The first-order valence-electron chi connectivity index (χ1n) is 8.90. The number of aromatic nitrogens is 3. The zero-order valence-electron chi connectivity index (χ0n) is 15.3. The van der Waals surface area contributed by atoms with Crippen LogP contribution in [0.15, 0.2) is 66.9 Å². The van der Waals surface area contributed by atoms with Gasteiger partial charge in [0.15, 0.2) is 5.82 Å². The average Bonchev–Trinajstić information content (AvgIpc) is 3.44. The van der Waals surface area contributed by atoms with Gasteiger partial charge in [-0.05, 0) is 17.7 Å². The molecule has 5 rings (SSSR count). The Morgan fingerprint density at radius 2 is 2.04 bits per heavy atom. The Hall–Kier alpha value is -3.74.